The Morgan fingerprint density at radius 3 is 2.67 bits per heavy atom. The number of carbonyl (C=O) groups excluding carboxylic acids is 1. The molecule has 1 fully saturated rings. The molecule has 1 aliphatic rings. The van der Waals surface area contributed by atoms with Crippen LogP contribution >= 0.6 is 35.6 Å². The smallest absolute Gasteiger partial charge is 0.223 e. The van der Waals surface area contributed by atoms with Crippen LogP contribution in [0.15, 0.2) is 23.3 Å². The van der Waals surface area contributed by atoms with Crippen LogP contribution in [0.25, 0.3) is 0 Å². The summed E-state index contributed by atoms with van der Waals surface area (Å²) in [6.45, 7) is 4.75. The van der Waals surface area contributed by atoms with Crippen molar-refractivity contribution in [2.45, 2.75) is 26.2 Å². The number of aliphatic imine (C=N–C) groups is 1. The molecule has 1 saturated carbocycles. The number of carbonyl (C=O) groups is 1. The molecular weight excluding hydrogens is 441 g/mol. The van der Waals surface area contributed by atoms with Gasteiger partial charge in [-0.1, -0.05) is 17.7 Å². The van der Waals surface area contributed by atoms with Gasteiger partial charge < -0.3 is 16.0 Å². The van der Waals surface area contributed by atoms with Crippen molar-refractivity contribution in [2.24, 2.45) is 10.9 Å². The number of nitrogens with one attached hydrogen (secondary N) is 3. The molecule has 0 saturated heterocycles. The summed E-state index contributed by atoms with van der Waals surface area (Å²) in [5.74, 6) is 1.18. The average molecular weight is 466 g/mol. The summed E-state index contributed by atoms with van der Waals surface area (Å²) >= 11 is 5.77. The number of rotatable bonds is 8. The summed E-state index contributed by atoms with van der Waals surface area (Å²) in [4.78, 5) is 20.1. The van der Waals surface area contributed by atoms with Crippen molar-refractivity contribution in [3.63, 3.8) is 0 Å². The van der Waals surface area contributed by atoms with Crippen molar-refractivity contribution in [2.75, 3.05) is 26.2 Å². The Morgan fingerprint density at radius 2 is 2.04 bits per heavy atom. The van der Waals surface area contributed by atoms with E-state index >= 15 is 0 Å². The van der Waals surface area contributed by atoms with Crippen LogP contribution in [-0.2, 0) is 11.2 Å². The zero-order valence-corrected chi connectivity index (χ0v) is 16.9. The minimum Gasteiger partial charge on any atom is -0.357 e. The fourth-order valence-corrected chi connectivity index (χ4v) is 2.16. The zero-order valence-electron chi connectivity index (χ0n) is 13.8. The lowest BCUT2D eigenvalue weighted by Gasteiger charge is -2.11. The molecule has 1 amide bonds. The van der Waals surface area contributed by atoms with Gasteiger partial charge in [-0.15, -0.1) is 24.0 Å². The Hall–Kier alpha value is -1.09. The lowest BCUT2D eigenvalue weighted by Crippen LogP contribution is -2.41. The van der Waals surface area contributed by atoms with E-state index in [2.05, 4.69) is 25.9 Å². The number of pyridine rings is 1. The maximum Gasteiger partial charge on any atom is 0.223 e. The van der Waals surface area contributed by atoms with Gasteiger partial charge in [-0.3, -0.25) is 9.79 Å². The van der Waals surface area contributed by atoms with Crippen molar-refractivity contribution < 1.29 is 4.79 Å². The SMILES string of the molecule is CCNC(=NCCc1ccc(Cl)nc1)NCCNC(=O)C1CC1.I. The lowest BCUT2D eigenvalue weighted by molar-refractivity contribution is -0.122. The van der Waals surface area contributed by atoms with Crippen molar-refractivity contribution in [3.05, 3.63) is 29.0 Å². The summed E-state index contributed by atoms with van der Waals surface area (Å²) in [6, 6.07) is 3.74. The summed E-state index contributed by atoms with van der Waals surface area (Å²) in [7, 11) is 0. The second-order valence-corrected chi connectivity index (χ2v) is 5.88. The largest absolute Gasteiger partial charge is 0.357 e. The predicted molar refractivity (Wildman–Crippen MR) is 108 cm³/mol. The summed E-state index contributed by atoms with van der Waals surface area (Å²) in [6.07, 6.45) is 4.64. The molecule has 8 heteroatoms. The number of hydrogen-bond donors (Lipinski definition) is 3. The van der Waals surface area contributed by atoms with Crippen LogP contribution in [0.2, 0.25) is 5.15 Å². The Bertz CT molecular complexity index is 534. The van der Waals surface area contributed by atoms with E-state index < -0.39 is 0 Å². The van der Waals surface area contributed by atoms with Gasteiger partial charge in [0.05, 0.1) is 0 Å². The first kappa shape index (κ1) is 21.0. The summed E-state index contributed by atoms with van der Waals surface area (Å²) < 4.78 is 0. The minimum absolute atomic E-state index is 0. The van der Waals surface area contributed by atoms with Crippen LogP contribution in [0.3, 0.4) is 0 Å². The molecule has 6 nitrogen and oxygen atoms in total. The quantitative estimate of drug-likeness (QED) is 0.180. The van der Waals surface area contributed by atoms with Gasteiger partial charge in [-0.2, -0.15) is 0 Å². The Morgan fingerprint density at radius 1 is 1.29 bits per heavy atom. The van der Waals surface area contributed by atoms with E-state index in [1.54, 1.807) is 12.3 Å². The maximum absolute atomic E-state index is 11.5. The van der Waals surface area contributed by atoms with E-state index in [1.165, 1.54) is 0 Å². The normalized spacial score (nSPS) is 13.8. The third-order valence-corrected chi connectivity index (χ3v) is 3.69. The second kappa shape index (κ2) is 11.5. The fraction of sp³-hybridized carbons (Fsp3) is 0.562. The van der Waals surface area contributed by atoms with Gasteiger partial charge >= 0.3 is 0 Å². The number of halogens is 2. The van der Waals surface area contributed by atoms with E-state index in [0.717, 1.165) is 37.3 Å². The second-order valence-electron chi connectivity index (χ2n) is 5.49. The van der Waals surface area contributed by atoms with Gasteiger partial charge in [0.15, 0.2) is 5.96 Å². The third kappa shape index (κ3) is 8.14. The number of amides is 1. The Labute approximate surface area is 165 Å². The molecule has 0 atom stereocenters. The number of hydrogen-bond acceptors (Lipinski definition) is 3. The first-order chi connectivity index (χ1) is 11.2. The topological polar surface area (TPSA) is 78.4 Å². The fourth-order valence-electron chi connectivity index (χ4n) is 2.05. The van der Waals surface area contributed by atoms with Gasteiger partial charge in [0, 0.05) is 38.3 Å². The summed E-state index contributed by atoms with van der Waals surface area (Å²) in [5.41, 5.74) is 1.10. The lowest BCUT2D eigenvalue weighted by atomic mass is 10.2. The molecule has 0 bridgehead atoms. The van der Waals surface area contributed by atoms with Crippen LogP contribution in [0.4, 0.5) is 0 Å². The number of aromatic nitrogens is 1. The standard InChI is InChI=1S/C16H24ClN5O.HI/c1-2-18-16(21-10-9-19-15(23)13-4-5-13)20-8-7-12-3-6-14(17)22-11-12;/h3,6,11,13H,2,4-5,7-10H2,1H3,(H,19,23)(H2,18,20,21);1H. The molecule has 1 aromatic rings. The number of nitrogens with zero attached hydrogens (tertiary/aromatic N) is 2. The molecular formula is C16H25ClIN5O. The van der Waals surface area contributed by atoms with E-state index in [1.807, 2.05) is 13.0 Å². The Kier molecular flexibility index (Phi) is 10.0. The van der Waals surface area contributed by atoms with Crippen LogP contribution in [0.1, 0.15) is 25.3 Å². The molecule has 2 rings (SSSR count). The molecule has 134 valence electrons. The highest BCUT2D eigenvalue weighted by molar-refractivity contribution is 14.0. The molecule has 0 aliphatic heterocycles. The van der Waals surface area contributed by atoms with Crippen LogP contribution in [-0.4, -0.2) is 43.0 Å². The minimum atomic E-state index is 0. The molecule has 0 spiro atoms. The third-order valence-electron chi connectivity index (χ3n) is 3.47. The Balaban J connectivity index is 0.00000288. The highest BCUT2D eigenvalue weighted by Crippen LogP contribution is 2.28. The molecule has 1 aromatic heterocycles. The molecule has 1 heterocycles. The summed E-state index contributed by atoms with van der Waals surface area (Å²) in [5, 5.41) is 9.83. The van der Waals surface area contributed by atoms with Crippen LogP contribution in [0, 0.1) is 5.92 Å². The molecule has 1 aliphatic carbocycles. The predicted octanol–water partition coefficient (Wildman–Crippen LogP) is 1.98. The number of guanidine groups is 1. The van der Waals surface area contributed by atoms with Crippen molar-refractivity contribution >= 4 is 47.4 Å². The highest BCUT2D eigenvalue weighted by Gasteiger charge is 2.28. The van der Waals surface area contributed by atoms with Gasteiger partial charge in [-0.25, -0.2) is 4.98 Å². The van der Waals surface area contributed by atoms with Gasteiger partial charge in [0.1, 0.15) is 5.15 Å². The highest BCUT2D eigenvalue weighted by atomic mass is 127. The molecule has 0 aromatic carbocycles. The molecule has 3 N–H and O–H groups in total. The van der Waals surface area contributed by atoms with Gasteiger partial charge in [0.2, 0.25) is 5.91 Å². The van der Waals surface area contributed by atoms with Crippen molar-refractivity contribution in [1.29, 1.82) is 0 Å². The molecule has 24 heavy (non-hydrogen) atoms. The van der Waals surface area contributed by atoms with E-state index in [-0.39, 0.29) is 35.8 Å². The van der Waals surface area contributed by atoms with E-state index in [0.29, 0.717) is 24.8 Å². The molecule has 0 unspecified atom stereocenters. The van der Waals surface area contributed by atoms with Crippen LogP contribution < -0.4 is 16.0 Å². The van der Waals surface area contributed by atoms with Gasteiger partial charge in [0.25, 0.3) is 0 Å². The first-order valence-corrected chi connectivity index (χ1v) is 8.47. The van der Waals surface area contributed by atoms with Gasteiger partial charge in [-0.05, 0) is 37.8 Å². The maximum atomic E-state index is 11.5. The van der Waals surface area contributed by atoms with Crippen LogP contribution in [0.5, 0.6) is 0 Å². The molecule has 0 radical (unpaired) electrons. The van der Waals surface area contributed by atoms with Crippen molar-refractivity contribution in [3.8, 4) is 0 Å². The van der Waals surface area contributed by atoms with E-state index in [4.69, 9.17) is 11.6 Å². The zero-order chi connectivity index (χ0) is 16.5. The first-order valence-electron chi connectivity index (χ1n) is 8.09. The van der Waals surface area contributed by atoms with E-state index in [9.17, 15) is 4.79 Å². The van der Waals surface area contributed by atoms with Crippen molar-refractivity contribution in [1.82, 2.24) is 20.9 Å². The average Bonchev–Trinajstić information content (AvgIpc) is 3.38. The monoisotopic (exact) mass is 465 g/mol.